The van der Waals surface area contributed by atoms with Gasteiger partial charge in [-0.3, -0.25) is 0 Å². The second-order valence-corrected chi connectivity index (χ2v) is 5.95. The fraction of sp³-hybridized carbons (Fsp3) is 0.632. The summed E-state index contributed by atoms with van der Waals surface area (Å²) < 4.78 is 5.47. The monoisotopic (exact) mass is 290 g/mol. The number of rotatable bonds is 9. The zero-order chi connectivity index (χ0) is 15.7. The molecule has 0 bridgehead atoms. The first-order valence-corrected chi connectivity index (χ1v) is 8.39. The summed E-state index contributed by atoms with van der Waals surface area (Å²) in [5.74, 6) is 0.836. The number of esters is 1. The predicted octanol–water partition coefficient (Wildman–Crippen LogP) is 5.57. The Kier molecular flexibility index (Phi) is 8.11. The highest BCUT2D eigenvalue weighted by atomic mass is 16.5. The number of benzene rings is 1. The van der Waals surface area contributed by atoms with Crippen LogP contribution in [0.3, 0.4) is 0 Å². The van der Waals surface area contributed by atoms with Crippen molar-refractivity contribution in [2.75, 3.05) is 6.61 Å². The molecule has 0 amide bonds. The molecule has 0 spiro atoms. The summed E-state index contributed by atoms with van der Waals surface area (Å²) in [6, 6.07) is 7.85. The fourth-order valence-corrected chi connectivity index (χ4v) is 2.36. The summed E-state index contributed by atoms with van der Waals surface area (Å²) in [6.07, 6.45) is 5.73. The van der Waals surface area contributed by atoms with E-state index in [1.807, 2.05) is 24.3 Å². The second kappa shape index (κ2) is 9.59. The van der Waals surface area contributed by atoms with Crippen molar-refractivity contribution in [3.63, 3.8) is 0 Å². The van der Waals surface area contributed by atoms with Gasteiger partial charge in [0.2, 0.25) is 0 Å². The van der Waals surface area contributed by atoms with E-state index in [2.05, 4.69) is 27.7 Å². The van der Waals surface area contributed by atoms with Crippen LogP contribution in [0.4, 0.5) is 0 Å². The molecule has 1 aromatic carbocycles. The summed E-state index contributed by atoms with van der Waals surface area (Å²) in [6.45, 7) is 9.27. The van der Waals surface area contributed by atoms with E-state index in [1.165, 1.54) is 18.4 Å². The third-order valence-corrected chi connectivity index (χ3v) is 4.32. The molecule has 0 aromatic heterocycles. The Morgan fingerprint density at radius 1 is 1.10 bits per heavy atom. The van der Waals surface area contributed by atoms with Gasteiger partial charge in [0.05, 0.1) is 12.2 Å². The van der Waals surface area contributed by atoms with Crippen molar-refractivity contribution in [3.8, 4) is 0 Å². The molecule has 0 radical (unpaired) electrons. The van der Waals surface area contributed by atoms with Gasteiger partial charge >= 0.3 is 5.97 Å². The van der Waals surface area contributed by atoms with Gasteiger partial charge in [-0.25, -0.2) is 4.79 Å². The summed E-state index contributed by atoms with van der Waals surface area (Å²) in [5, 5.41) is 0. The lowest BCUT2D eigenvalue weighted by atomic mass is 9.97. The molecule has 0 aliphatic rings. The van der Waals surface area contributed by atoms with E-state index in [0.29, 0.717) is 24.0 Å². The van der Waals surface area contributed by atoms with E-state index in [9.17, 15) is 4.79 Å². The minimum Gasteiger partial charge on any atom is -0.462 e. The highest BCUT2D eigenvalue weighted by Gasteiger charge is 2.12. The summed E-state index contributed by atoms with van der Waals surface area (Å²) >= 11 is 0. The second-order valence-electron chi connectivity index (χ2n) is 5.95. The van der Waals surface area contributed by atoms with E-state index in [4.69, 9.17) is 4.74 Å². The number of carbonyl (C=O) groups is 1. The largest absolute Gasteiger partial charge is 0.462 e. The predicted molar refractivity (Wildman–Crippen MR) is 88.7 cm³/mol. The molecule has 0 saturated heterocycles. The van der Waals surface area contributed by atoms with Crippen LogP contribution < -0.4 is 0 Å². The number of hydrogen-bond donors (Lipinski definition) is 0. The lowest BCUT2D eigenvalue weighted by Crippen LogP contribution is -2.14. The Balaban J connectivity index is 2.51. The SMILES string of the molecule is CCCCC(CC)COC(=O)c1ccc(C(C)CC)cc1. The van der Waals surface area contributed by atoms with Crippen molar-refractivity contribution in [1.29, 1.82) is 0 Å². The molecule has 2 unspecified atom stereocenters. The average molecular weight is 290 g/mol. The lowest BCUT2D eigenvalue weighted by Gasteiger charge is -2.15. The van der Waals surface area contributed by atoms with Gasteiger partial charge in [-0.1, -0.05) is 59.1 Å². The van der Waals surface area contributed by atoms with E-state index >= 15 is 0 Å². The molecule has 1 rings (SSSR count). The van der Waals surface area contributed by atoms with E-state index in [-0.39, 0.29) is 5.97 Å². The van der Waals surface area contributed by atoms with Gasteiger partial charge in [-0.2, -0.15) is 0 Å². The van der Waals surface area contributed by atoms with Crippen LogP contribution in [0.25, 0.3) is 0 Å². The average Bonchev–Trinajstić information content (AvgIpc) is 2.54. The molecular formula is C19H30O2. The van der Waals surface area contributed by atoms with Crippen molar-refractivity contribution in [3.05, 3.63) is 35.4 Å². The van der Waals surface area contributed by atoms with Gasteiger partial charge in [-0.15, -0.1) is 0 Å². The first kappa shape index (κ1) is 17.7. The van der Waals surface area contributed by atoms with Crippen LogP contribution in [0.5, 0.6) is 0 Å². The molecular weight excluding hydrogens is 260 g/mol. The van der Waals surface area contributed by atoms with Crippen LogP contribution in [-0.4, -0.2) is 12.6 Å². The molecule has 0 heterocycles. The van der Waals surface area contributed by atoms with Crippen LogP contribution in [0.15, 0.2) is 24.3 Å². The molecule has 0 saturated carbocycles. The highest BCUT2D eigenvalue weighted by molar-refractivity contribution is 5.89. The van der Waals surface area contributed by atoms with Crippen LogP contribution in [0, 0.1) is 5.92 Å². The normalized spacial score (nSPS) is 13.7. The van der Waals surface area contributed by atoms with Gasteiger partial charge in [0, 0.05) is 0 Å². The Bertz CT molecular complexity index is 408. The van der Waals surface area contributed by atoms with Gasteiger partial charge < -0.3 is 4.74 Å². The topological polar surface area (TPSA) is 26.3 Å². The molecule has 1 aromatic rings. The molecule has 0 fully saturated rings. The fourth-order valence-electron chi connectivity index (χ4n) is 2.36. The molecule has 2 nitrogen and oxygen atoms in total. The van der Waals surface area contributed by atoms with E-state index in [0.717, 1.165) is 19.3 Å². The highest BCUT2D eigenvalue weighted by Crippen LogP contribution is 2.19. The quantitative estimate of drug-likeness (QED) is 0.555. The van der Waals surface area contributed by atoms with Crippen molar-refractivity contribution in [2.24, 2.45) is 5.92 Å². The zero-order valence-electron chi connectivity index (χ0n) is 14.0. The number of unbranched alkanes of at least 4 members (excludes halogenated alkanes) is 1. The molecule has 2 heteroatoms. The zero-order valence-corrected chi connectivity index (χ0v) is 14.0. The minimum absolute atomic E-state index is 0.194. The lowest BCUT2D eigenvalue weighted by molar-refractivity contribution is 0.0428. The Hall–Kier alpha value is -1.31. The third kappa shape index (κ3) is 5.91. The number of ether oxygens (including phenoxy) is 1. The first-order chi connectivity index (χ1) is 10.1. The first-order valence-electron chi connectivity index (χ1n) is 8.39. The summed E-state index contributed by atoms with van der Waals surface area (Å²) in [4.78, 5) is 12.1. The maximum absolute atomic E-state index is 12.1. The maximum Gasteiger partial charge on any atom is 0.338 e. The van der Waals surface area contributed by atoms with Crippen LogP contribution >= 0.6 is 0 Å². The number of hydrogen-bond acceptors (Lipinski definition) is 2. The summed E-state index contributed by atoms with van der Waals surface area (Å²) in [5.41, 5.74) is 1.94. The van der Waals surface area contributed by atoms with Crippen molar-refractivity contribution < 1.29 is 9.53 Å². The molecule has 0 N–H and O–H groups in total. The van der Waals surface area contributed by atoms with Gasteiger partial charge in [0.1, 0.15) is 0 Å². The Morgan fingerprint density at radius 3 is 2.29 bits per heavy atom. The van der Waals surface area contributed by atoms with Crippen molar-refractivity contribution in [1.82, 2.24) is 0 Å². The molecule has 0 aliphatic heterocycles. The molecule has 118 valence electrons. The van der Waals surface area contributed by atoms with Crippen molar-refractivity contribution >= 4 is 5.97 Å². The van der Waals surface area contributed by atoms with Gasteiger partial charge in [0.25, 0.3) is 0 Å². The van der Waals surface area contributed by atoms with Crippen LogP contribution in [0.1, 0.15) is 81.6 Å². The number of carbonyl (C=O) groups excluding carboxylic acids is 1. The van der Waals surface area contributed by atoms with E-state index < -0.39 is 0 Å². The Morgan fingerprint density at radius 2 is 1.76 bits per heavy atom. The minimum atomic E-state index is -0.194. The molecule has 0 aliphatic carbocycles. The standard InChI is InChI=1S/C19H30O2/c1-5-8-9-16(7-3)14-21-19(20)18-12-10-17(11-13-18)15(4)6-2/h10-13,15-16H,5-9,14H2,1-4H3. The summed E-state index contributed by atoms with van der Waals surface area (Å²) in [7, 11) is 0. The maximum atomic E-state index is 12.1. The van der Waals surface area contributed by atoms with Gasteiger partial charge in [0.15, 0.2) is 0 Å². The molecule has 21 heavy (non-hydrogen) atoms. The van der Waals surface area contributed by atoms with Gasteiger partial charge in [-0.05, 0) is 42.4 Å². The smallest absolute Gasteiger partial charge is 0.338 e. The van der Waals surface area contributed by atoms with E-state index in [1.54, 1.807) is 0 Å². The molecule has 2 atom stereocenters. The van der Waals surface area contributed by atoms with Crippen LogP contribution in [-0.2, 0) is 4.74 Å². The van der Waals surface area contributed by atoms with Crippen molar-refractivity contribution in [2.45, 2.75) is 65.7 Å². The Labute approximate surface area is 129 Å². The third-order valence-electron chi connectivity index (χ3n) is 4.32. The van der Waals surface area contributed by atoms with Crippen LogP contribution in [0.2, 0.25) is 0 Å².